The van der Waals surface area contributed by atoms with Gasteiger partial charge in [-0.2, -0.15) is 11.8 Å². The highest BCUT2D eigenvalue weighted by Crippen LogP contribution is 2.20. The van der Waals surface area contributed by atoms with E-state index in [0.29, 0.717) is 13.2 Å². The van der Waals surface area contributed by atoms with Crippen molar-refractivity contribution in [2.75, 3.05) is 51.1 Å². The van der Waals surface area contributed by atoms with Crippen molar-refractivity contribution in [3.8, 4) is 0 Å². The Hall–Kier alpha value is -0.470. The summed E-state index contributed by atoms with van der Waals surface area (Å²) in [6.45, 7) is 9.10. The van der Waals surface area contributed by atoms with Crippen LogP contribution in [-0.4, -0.2) is 70.2 Å². The number of ether oxygens (including phenoxy) is 1. The topological polar surface area (TPSA) is 79.8 Å². The molecule has 0 aromatic rings. The van der Waals surface area contributed by atoms with E-state index < -0.39 is 9.84 Å². The Labute approximate surface area is 133 Å². The zero-order valence-electron chi connectivity index (χ0n) is 13.7. The van der Waals surface area contributed by atoms with Gasteiger partial charge in [0.1, 0.15) is 9.84 Å². The van der Waals surface area contributed by atoms with Crippen molar-refractivity contribution in [2.45, 2.75) is 25.5 Å². The van der Waals surface area contributed by atoms with Gasteiger partial charge in [0.15, 0.2) is 5.96 Å². The molecule has 0 aliphatic carbocycles. The third-order valence-corrected chi connectivity index (χ3v) is 4.79. The minimum atomic E-state index is -2.95. The maximum absolute atomic E-state index is 10.9. The van der Waals surface area contributed by atoms with Crippen LogP contribution in [0.1, 0.15) is 20.8 Å². The van der Waals surface area contributed by atoms with E-state index in [1.54, 1.807) is 11.8 Å². The van der Waals surface area contributed by atoms with Crippen molar-refractivity contribution in [3.05, 3.63) is 0 Å². The molecule has 0 spiro atoms. The summed E-state index contributed by atoms with van der Waals surface area (Å²) in [5, 5.41) is 6.34. The number of hydrogen-bond donors (Lipinski definition) is 2. The van der Waals surface area contributed by atoms with Gasteiger partial charge in [-0.05, 0) is 27.0 Å². The van der Waals surface area contributed by atoms with Crippen molar-refractivity contribution in [2.24, 2.45) is 4.99 Å². The van der Waals surface area contributed by atoms with Crippen molar-refractivity contribution in [3.63, 3.8) is 0 Å². The average molecular weight is 340 g/mol. The Kier molecular flexibility index (Phi) is 10.1. The van der Waals surface area contributed by atoms with Gasteiger partial charge in [0.25, 0.3) is 0 Å². The molecule has 0 fully saturated rings. The number of nitrogens with zero attached hydrogens (tertiary/aromatic N) is 1. The quantitative estimate of drug-likeness (QED) is 0.347. The molecule has 0 radical (unpaired) electrons. The van der Waals surface area contributed by atoms with Gasteiger partial charge < -0.3 is 15.4 Å². The Morgan fingerprint density at radius 1 is 1.29 bits per heavy atom. The van der Waals surface area contributed by atoms with Gasteiger partial charge >= 0.3 is 0 Å². The van der Waals surface area contributed by atoms with E-state index in [2.05, 4.69) is 35.7 Å². The van der Waals surface area contributed by atoms with Crippen LogP contribution in [0.2, 0.25) is 0 Å². The fourth-order valence-corrected chi connectivity index (χ4v) is 1.84. The van der Waals surface area contributed by atoms with Crippen LogP contribution >= 0.6 is 11.8 Å². The summed E-state index contributed by atoms with van der Waals surface area (Å²) in [6, 6.07) is 0. The smallest absolute Gasteiger partial charge is 0.191 e. The van der Waals surface area contributed by atoms with E-state index in [-0.39, 0.29) is 17.1 Å². The van der Waals surface area contributed by atoms with Gasteiger partial charge in [0.2, 0.25) is 0 Å². The first kappa shape index (κ1) is 20.5. The monoisotopic (exact) mass is 339 g/mol. The maximum atomic E-state index is 10.9. The summed E-state index contributed by atoms with van der Waals surface area (Å²) in [5.74, 6) is 0.814. The van der Waals surface area contributed by atoms with E-state index in [1.807, 2.05) is 6.92 Å². The van der Waals surface area contributed by atoms with Crippen LogP contribution in [0.25, 0.3) is 0 Å². The van der Waals surface area contributed by atoms with Crippen LogP contribution < -0.4 is 10.6 Å². The number of sulfone groups is 1. The number of aliphatic imine (C=N–C) groups is 1. The Morgan fingerprint density at radius 3 is 2.48 bits per heavy atom. The number of hydrogen-bond acceptors (Lipinski definition) is 5. The van der Waals surface area contributed by atoms with Gasteiger partial charge in [-0.3, -0.25) is 4.99 Å². The maximum Gasteiger partial charge on any atom is 0.191 e. The second-order valence-electron chi connectivity index (χ2n) is 5.33. The van der Waals surface area contributed by atoms with Crippen molar-refractivity contribution in [1.29, 1.82) is 0 Å². The Bertz CT molecular complexity index is 409. The Morgan fingerprint density at radius 2 is 1.95 bits per heavy atom. The molecular formula is C13H29N3O3S2. The van der Waals surface area contributed by atoms with Gasteiger partial charge in [0, 0.05) is 24.1 Å². The molecule has 0 aromatic carbocycles. The zero-order chi connectivity index (χ0) is 16.4. The summed E-state index contributed by atoms with van der Waals surface area (Å²) < 4.78 is 27.3. The molecule has 126 valence electrons. The van der Waals surface area contributed by atoms with Crippen molar-refractivity contribution in [1.82, 2.24) is 10.6 Å². The van der Waals surface area contributed by atoms with Gasteiger partial charge in [-0.15, -0.1) is 0 Å². The molecular weight excluding hydrogens is 310 g/mol. The minimum absolute atomic E-state index is 0.0586. The summed E-state index contributed by atoms with van der Waals surface area (Å²) in [6.07, 6.45) is 3.28. The average Bonchev–Trinajstić information content (AvgIpc) is 2.38. The third kappa shape index (κ3) is 12.9. The lowest BCUT2D eigenvalue weighted by Crippen LogP contribution is -2.40. The number of nitrogens with one attached hydrogen (secondary N) is 2. The number of guanidine groups is 1. The fourth-order valence-electron chi connectivity index (χ4n) is 1.23. The van der Waals surface area contributed by atoms with Gasteiger partial charge in [-0.1, -0.05) is 0 Å². The van der Waals surface area contributed by atoms with E-state index >= 15 is 0 Å². The normalized spacial score (nSPS) is 13.3. The molecule has 8 heteroatoms. The lowest BCUT2D eigenvalue weighted by atomic mass is 10.2. The molecule has 0 amide bonds. The molecule has 0 atom stereocenters. The number of rotatable bonds is 10. The second-order valence-corrected chi connectivity index (χ2v) is 9.10. The molecule has 0 unspecified atom stereocenters. The lowest BCUT2D eigenvalue weighted by Gasteiger charge is -2.20. The fraction of sp³-hybridized carbons (Fsp3) is 0.923. The molecule has 21 heavy (non-hydrogen) atoms. The molecule has 0 aliphatic rings. The highest BCUT2D eigenvalue weighted by atomic mass is 32.2. The molecule has 0 bridgehead atoms. The largest absolute Gasteiger partial charge is 0.379 e. The predicted molar refractivity (Wildman–Crippen MR) is 92.1 cm³/mol. The van der Waals surface area contributed by atoms with Crippen LogP contribution in [0.15, 0.2) is 4.99 Å². The van der Waals surface area contributed by atoms with E-state index in [0.717, 1.165) is 19.0 Å². The van der Waals surface area contributed by atoms with Crippen LogP contribution in [0.5, 0.6) is 0 Å². The van der Waals surface area contributed by atoms with Crippen LogP contribution in [-0.2, 0) is 14.6 Å². The summed E-state index contributed by atoms with van der Waals surface area (Å²) >= 11 is 1.78. The van der Waals surface area contributed by atoms with Crippen molar-refractivity contribution >= 4 is 27.6 Å². The highest BCUT2D eigenvalue weighted by Gasteiger charge is 2.15. The highest BCUT2D eigenvalue weighted by molar-refractivity contribution is 7.99. The van der Waals surface area contributed by atoms with Crippen LogP contribution in [0, 0.1) is 0 Å². The van der Waals surface area contributed by atoms with Crippen LogP contribution in [0.3, 0.4) is 0 Å². The predicted octanol–water partition coefficient (Wildman–Crippen LogP) is 0.744. The van der Waals surface area contributed by atoms with Gasteiger partial charge in [0.05, 0.1) is 25.5 Å². The molecule has 0 saturated heterocycles. The first-order chi connectivity index (χ1) is 9.70. The number of thioether (sulfide) groups is 1. The first-order valence-electron chi connectivity index (χ1n) is 7.03. The zero-order valence-corrected chi connectivity index (χ0v) is 15.4. The Balaban J connectivity index is 4.02. The van der Waals surface area contributed by atoms with Gasteiger partial charge in [-0.25, -0.2) is 8.42 Å². The summed E-state index contributed by atoms with van der Waals surface area (Å²) in [7, 11) is -2.95. The lowest BCUT2D eigenvalue weighted by molar-refractivity contribution is 0.154. The SMILES string of the molecule is CCNC(=NCC(C)(C)SC)NCCOCCS(C)(=O)=O. The molecule has 0 aromatic heterocycles. The summed E-state index contributed by atoms with van der Waals surface area (Å²) in [4.78, 5) is 4.54. The minimum Gasteiger partial charge on any atom is -0.379 e. The van der Waals surface area contributed by atoms with Crippen molar-refractivity contribution < 1.29 is 13.2 Å². The van der Waals surface area contributed by atoms with Crippen LogP contribution in [0.4, 0.5) is 0 Å². The van der Waals surface area contributed by atoms with E-state index in [9.17, 15) is 8.42 Å². The standard InChI is InChI=1S/C13H29N3O3S2/c1-6-14-12(16-11-13(2,3)20-4)15-7-8-19-9-10-21(5,17)18/h6-11H2,1-5H3,(H2,14,15,16). The summed E-state index contributed by atoms with van der Waals surface area (Å²) in [5.41, 5.74) is 0. The molecule has 0 heterocycles. The molecule has 6 nitrogen and oxygen atoms in total. The molecule has 0 rings (SSSR count). The third-order valence-electron chi connectivity index (χ3n) is 2.65. The molecule has 2 N–H and O–H groups in total. The second kappa shape index (κ2) is 10.3. The van der Waals surface area contributed by atoms with E-state index in [1.165, 1.54) is 6.26 Å². The first-order valence-corrected chi connectivity index (χ1v) is 10.3. The van der Waals surface area contributed by atoms with E-state index in [4.69, 9.17) is 4.74 Å². The molecule has 0 aliphatic heterocycles. The molecule has 0 saturated carbocycles.